The summed E-state index contributed by atoms with van der Waals surface area (Å²) in [6.07, 6.45) is 0.820. The van der Waals surface area contributed by atoms with Crippen LogP contribution in [0.5, 0.6) is 0 Å². The fourth-order valence-electron chi connectivity index (χ4n) is 2.79. The minimum absolute atomic E-state index is 0.228. The number of anilines is 1. The predicted molar refractivity (Wildman–Crippen MR) is 95.6 cm³/mol. The molecule has 0 atom stereocenters. The molecule has 2 heterocycles. The Labute approximate surface area is 146 Å². The Balaban J connectivity index is 1.83. The van der Waals surface area contributed by atoms with Crippen LogP contribution in [0.3, 0.4) is 0 Å². The second kappa shape index (κ2) is 6.68. The van der Waals surface area contributed by atoms with Crippen molar-refractivity contribution >= 4 is 17.5 Å². The average Bonchev–Trinajstić information content (AvgIpc) is 2.98. The number of para-hydroxylation sites is 1. The number of rotatable bonds is 3. The molecule has 0 spiro atoms. The van der Waals surface area contributed by atoms with Crippen molar-refractivity contribution in [1.82, 2.24) is 20.8 Å². The molecular weight excluding hydrogens is 318 g/mol. The Morgan fingerprint density at radius 3 is 2.68 bits per heavy atom. The predicted octanol–water partition coefficient (Wildman–Crippen LogP) is 1.84. The molecule has 0 aliphatic carbocycles. The lowest BCUT2D eigenvalue weighted by molar-refractivity contribution is 0.0920. The van der Waals surface area contributed by atoms with Crippen LogP contribution in [-0.4, -0.2) is 34.1 Å². The quantitative estimate of drug-likeness (QED) is 0.684. The first-order valence-electron chi connectivity index (χ1n) is 8.35. The van der Waals surface area contributed by atoms with Crippen molar-refractivity contribution in [3.05, 3.63) is 46.8 Å². The zero-order valence-corrected chi connectivity index (χ0v) is 14.7. The molecule has 0 saturated carbocycles. The highest BCUT2D eigenvalue weighted by atomic mass is 16.2. The van der Waals surface area contributed by atoms with Crippen LogP contribution in [0.15, 0.2) is 24.3 Å². The Hall–Kier alpha value is -2.67. The molecular formula is C18H23N5O2. The normalized spacial score (nSPS) is 13.9. The fourth-order valence-corrected chi connectivity index (χ4v) is 2.79. The number of nitrogens with one attached hydrogen (secondary N) is 4. The van der Waals surface area contributed by atoms with E-state index < -0.39 is 0 Å². The van der Waals surface area contributed by atoms with Crippen molar-refractivity contribution in [2.45, 2.75) is 39.3 Å². The number of aromatic nitrogens is 2. The molecule has 0 unspecified atom stereocenters. The van der Waals surface area contributed by atoms with E-state index in [1.807, 2.05) is 20.8 Å². The molecule has 3 rings (SSSR count). The minimum Gasteiger partial charge on any atom is -0.347 e. The van der Waals surface area contributed by atoms with E-state index in [0.717, 1.165) is 24.2 Å². The number of H-pyrrole nitrogens is 1. The lowest BCUT2D eigenvalue weighted by Gasteiger charge is -2.21. The topological polar surface area (TPSA) is 98.9 Å². The third-order valence-electron chi connectivity index (χ3n) is 3.93. The lowest BCUT2D eigenvalue weighted by atomic mass is 10.1. The molecule has 0 saturated heterocycles. The molecule has 132 valence electrons. The van der Waals surface area contributed by atoms with Crippen LogP contribution in [0.4, 0.5) is 5.69 Å². The summed E-state index contributed by atoms with van der Waals surface area (Å²) >= 11 is 0. The molecule has 1 aromatic carbocycles. The molecule has 4 N–H and O–H groups in total. The highest BCUT2D eigenvalue weighted by Crippen LogP contribution is 2.20. The van der Waals surface area contributed by atoms with Gasteiger partial charge in [0.25, 0.3) is 11.8 Å². The van der Waals surface area contributed by atoms with Gasteiger partial charge in [-0.05, 0) is 32.9 Å². The summed E-state index contributed by atoms with van der Waals surface area (Å²) in [5.74, 6) is -0.550. The molecule has 0 bridgehead atoms. The molecule has 2 amide bonds. The number of amides is 2. The molecule has 7 heteroatoms. The van der Waals surface area contributed by atoms with Gasteiger partial charge in [0.1, 0.15) is 0 Å². The van der Waals surface area contributed by atoms with Crippen LogP contribution in [0.1, 0.15) is 52.9 Å². The first kappa shape index (κ1) is 17.2. The Morgan fingerprint density at radius 2 is 1.92 bits per heavy atom. The number of carbonyl (C=O) groups excluding carboxylic acids is 2. The number of hydrogen-bond acceptors (Lipinski definition) is 4. The van der Waals surface area contributed by atoms with Gasteiger partial charge >= 0.3 is 0 Å². The summed E-state index contributed by atoms with van der Waals surface area (Å²) in [4.78, 5) is 25.1. The highest BCUT2D eigenvalue weighted by molar-refractivity contribution is 6.09. The SMILES string of the molecule is CC(C)(C)NC(=O)c1ccccc1NC(=O)c1n[nH]c2c1CNCC2. The van der Waals surface area contributed by atoms with E-state index in [1.54, 1.807) is 24.3 Å². The van der Waals surface area contributed by atoms with Crippen LogP contribution >= 0.6 is 0 Å². The molecule has 1 aromatic heterocycles. The first-order valence-corrected chi connectivity index (χ1v) is 8.35. The number of carbonyl (C=O) groups is 2. The van der Waals surface area contributed by atoms with Crippen LogP contribution in [0.2, 0.25) is 0 Å². The van der Waals surface area contributed by atoms with Gasteiger partial charge in [0.15, 0.2) is 5.69 Å². The van der Waals surface area contributed by atoms with Gasteiger partial charge in [0, 0.05) is 36.3 Å². The van der Waals surface area contributed by atoms with Crippen molar-refractivity contribution in [3.8, 4) is 0 Å². The van der Waals surface area contributed by atoms with Gasteiger partial charge in [-0.1, -0.05) is 12.1 Å². The van der Waals surface area contributed by atoms with E-state index >= 15 is 0 Å². The van der Waals surface area contributed by atoms with Crippen LogP contribution in [0.25, 0.3) is 0 Å². The van der Waals surface area contributed by atoms with E-state index in [-0.39, 0.29) is 17.4 Å². The molecule has 7 nitrogen and oxygen atoms in total. The van der Waals surface area contributed by atoms with E-state index in [9.17, 15) is 9.59 Å². The highest BCUT2D eigenvalue weighted by Gasteiger charge is 2.23. The summed E-state index contributed by atoms with van der Waals surface area (Å²) in [5, 5.41) is 16.1. The molecule has 0 fully saturated rings. The second-order valence-electron chi connectivity index (χ2n) is 7.16. The lowest BCUT2D eigenvalue weighted by Crippen LogP contribution is -2.40. The van der Waals surface area contributed by atoms with Crippen molar-refractivity contribution < 1.29 is 9.59 Å². The van der Waals surface area contributed by atoms with Crippen LogP contribution < -0.4 is 16.0 Å². The number of nitrogens with zero attached hydrogens (tertiary/aromatic N) is 1. The molecule has 2 aromatic rings. The Bertz CT molecular complexity index is 804. The number of hydrogen-bond donors (Lipinski definition) is 4. The molecule has 1 aliphatic heterocycles. The van der Waals surface area contributed by atoms with Gasteiger partial charge in [-0.25, -0.2) is 0 Å². The van der Waals surface area contributed by atoms with Gasteiger partial charge in [0.05, 0.1) is 11.3 Å². The largest absolute Gasteiger partial charge is 0.347 e. The first-order chi connectivity index (χ1) is 11.8. The van der Waals surface area contributed by atoms with E-state index in [4.69, 9.17) is 0 Å². The number of aromatic amines is 1. The van der Waals surface area contributed by atoms with Crippen molar-refractivity contribution in [1.29, 1.82) is 0 Å². The fraction of sp³-hybridized carbons (Fsp3) is 0.389. The number of fused-ring (bicyclic) bond motifs is 1. The van der Waals surface area contributed by atoms with E-state index in [1.165, 1.54) is 0 Å². The molecule has 1 aliphatic rings. The summed E-state index contributed by atoms with van der Waals surface area (Å²) in [7, 11) is 0. The summed E-state index contributed by atoms with van der Waals surface area (Å²) < 4.78 is 0. The van der Waals surface area contributed by atoms with E-state index in [2.05, 4.69) is 26.1 Å². The maximum atomic E-state index is 12.7. The Kier molecular flexibility index (Phi) is 4.59. The van der Waals surface area contributed by atoms with Crippen molar-refractivity contribution in [2.75, 3.05) is 11.9 Å². The molecule has 0 radical (unpaired) electrons. The maximum absolute atomic E-state index is 12.7. The number of benzene rings is 1. The van der Waals surface area contributed by atoms with Crippen LogP contribution in [0, 0.1) is 0 Å². The van der Waals surface area contributed by atoms with Gasteiger partial charge in [0.2, 0.25) is 0 Å². The standard InChI is InChI=1S/C18H23N5O2/c1-18(2,3)21-16(24)11-6-4-5-7-13(11)20-17(25)15-12-10-19-9-8-14(12)22-23-15/h4-7,19H,8-10H2,1-3H3,(H,20,25)(H,21,24)(H,22,23). The van der Waals surface area contributed by atoms with E-state index in [0.29, 0.717) is 23.5 Å². The van der Waals surface area contributed by atoms with Gasteiger partial charge in [-0.15, -0.1) is 0 Å². The third-order valence-corrected chi connectivity index (χ3v) is 3.93. The summed E-state index contributed by atoms with van der Waals surface area (Å²) in [5.41, 5.74) is 2.78. The van der Waals surface area contributed by atoms with Gasteiger partial charge < -0.3 is 16.0 Å². The second-order valence-corrected chi connectivity index (χ2v) is 7.16. The summed E-state index contributed by atoms with van der Waals surface area (Å²) in [6, 6.07) is 6.96. The zero-order chi connectivity index (χ0) is 18.0. The van der Waals surface area contributed by atoms with Gasteiger partial charge in [-0.3, -0.25) is 14.7 Å². The van der Waals surface area contributed by atoms with Crippen molar-refractivity contribution in [2.24, 2.45) is 0 Å². The monoisotopic (exact) mass is 341 g/mol. The zero-order valence-electron chi connectivity index (χ0n) is 14.7. The third kappa shape index (κ3) is 3.88. The van der Waals surface area contributed by atoms with Crippen molar-refractivity contribution in [3.63, 3.8) is 0 Å². The Morgan fingerprint density at radius 1 is 1.16 bits per heavy atom. The van der Waals surface area contributed by atoms with Crippen LogP contribution in [-0.2, 0) is 13.0 Å². The smallest absolute Gasteiger partial charge is 0.276 e. The average molecular weight is 341 g/mol. The minimum atomic E-state index is -0.360. The maximum Gasteiger partial charge on any atom is 0.276 e. The molecule has 25 heavy (non-hydrogen) atoms. The summed E-state index contributed by atoms with van der Waals surface area (Å²) in [6.45, 7) is 7.21. The van der Waals surface area contributed by atoms with Gasteiger partial charge in [-0.2, -0.15) is 5.10 Å².